The number of hydrogen-bond donors (Lipinski definition) is 0. The van der Waals surface area contributed by atoms with Crippen molar-refractivity contribution in [2.75, 3.05) is 0 Å². The zero-order valence-electron chi connectivity index (χ0n) is 26.9. The number of fused-ring (bicyclic) bond motifs is 8. The second-order valence-corrected chi connectivity index (χ2v) is 13.9. The summed E-state index contributed by atoms with van der Waals surface area (Å²) in [5, 5.41) is 10.1. The Balaban J connectivity index is 1.13. The molecule has 1 aliphatic carbocycles. The molecule has 2 heterocycles. The number of para-hydroxylation sites is 1. The Hall–Kier alpha value is -5.31. The van der Waals surface area contributed by atoms with Gasteiger partial charge in [-0.25, -0.2) is 0 Å². The van der Waals surface area contributed by atoms with Crippen LogP contribution in [-0.4, -0.2) is 0 Å². The zero-order chi connectivity index (χ0) is 32.0. The molecule has 0 spiro atoms. The lowest BCUT2D eigenvalue weighted by Crippen LogP contribution is -1.95. The van der Waals surface area contributed by atoms with Gasteiger partial charge in [-0.2, -0.15) is 0 Å². The summed E-state index contributed by atoms with van der Waals surface area (Å²) in [7, 11) is 0. The monoisotopic (exact) mass is 634 g/mol. The van der Waals surface area contributed by atoms with Crippen LogP contribution in [0.3, 0.4) is 0 Å². The van der Waals surface area contributed by atoms with Gasteiger partial charge in [-0.15, -0.1) is 0 Å². The maximum Gasteiger partial charge on any atom is 0.136 e. The zero-order valence-corrected chi connectivity index (χ0v) is 27.7. The van der Waals surface area contributed by atoms with Crippen molar-refractivity contribution in [1.29, 1.82) is 0 Å². The van der Waals surface area contributed by atoms with E-state index in [0.717, 1.165) is 30.4 Å². The van der Waals surface area contributed by atoms with Gasteiger partial charge in [0.05, 0.1) is 0 Å². The highest BCUT2D eigenvalue weighted by molar-refractivity contribution is 8.03. The first-order valence-corrected chi connectivity index (χ1v) is 17.6. The minimum Gasteiger partial charge on any atom is -0.456 e. The Morgan fingerprint density at radius 1 is 0.667 bits per heavy atom. The summed E-state index contributed by atoms with van der Waals surface area (Å²) >= 11 is 1.92. The average molecular weight is 635 g/mol. The van der Waals surface area contributed by atoms with Crippen molar-refractivity contribution in [2.24, 2.45) is 0 Å². The first-order chi connectivity index (χ1) is 23.7. The van der Waals surface area contributed by atoms with Crippen molar-refractivity contribution >= 4 is 77.2 Å². The second kappa shape index (κ2) is 12.0. The van der Waals surface area contributed by atoms with Gasteiger partial charge in [0.25, 0.3) is 0 Å². The summed E-state index contributed by atoms with van der Waals surface area (Å²) in [6.07, 6.45) is 23.0. The quantitative estimate of drug-likeness (QED) is 0.179. The van der Waals surface area contributed by atoms with Gasteiger partial charge in [0.15, 0.2) is 0 Å². The third-order valence-corrected chi connectivity index (χ3v) is 11.0. The van der Waals surface area contributed by atoms with Crippen LogP contribution in [0.25, 0.3) is 65.4 Å². The predicted octanol–water partition coefficient (Wildman–Crippen LogP) is 13.5. The molecular formula is C46H34OS. The van der Waals surface area contributed by atoms with Crippen molar-refractivity contribution in [3.05, 3.63) is 173 Å². The maximum atomic E-state index is 6.19. The van der Waals surface area contributed by atoms with E-state index in [2.05, 4.69) is 153 Å². The molecule has 0 unspecified atom stereocenters. The fraction of sp³-hybridized carbons (Fsp3) is 0.0870. The van der Waals surface area contributed by atoms with Crippen LogP contribution in [-0.2, 0) is 6.42 Å². The van der Waals surface area contributed by atoms with E-state index in [1.807, 2.05) is 17.8 Å². The lowest BCUT2D eigenvalue weighted by Gasteiger charge is -2.19. The van der Waals surface area contributed by atoms with Crippen LogP contribution < -0.4 is 0 Å². The highest BCUT2D eigenvalue weighted by Gasteiger charge is 2.21. The number of hydrogen-bond acceptors (Lipinski definition) is 2. The van der Waals surface area contributed by atoms with Crippen LogP contribution in [0.4, 0.5) is 0 Å². The summed E-state index contributed by atoms with van der Waals surface area (Å²) in [5.41, 5.74) is 8.57. The smallest absolute Gasteiger partial charge is 0.136 e. The minimum absolute atomic E-state index is 0.887. The Kier molecular flexibility index (Phi) is 7.25. The number of furan rings is 1. The molecule has 0 amide bonds. The standard InChI is InChI=1S/C46H34OS/c1-30(23-26-34-27-33-25-24-32-28-43-41(29-40(32)46(33)48-34)35-17-13-14-22-42(35)47-43)44-36-18-9-11-20-38(36)45(39-21-12-10-19-37(39)44)31-15-7-5-3-2-4-6-8-16-31/h2-3,5-14,16-26,28-29H,4,15,27H2,1H3/b3-2-,7-5-,8-6-,30-23+,31-16?,34-26+. The van der Waals surface area contributed by atoms with Crippen LogP contribution in [0.5, 0.6) is 0 Å². The van der Waals surface area contributed by atoms with E-state index in [9.17, 15) is 0 Å². The lowest BCUT2D eigenvalue weighted by molar-refractivity contribution is 0.669. The Labute approximate surface area is 285 Å². The van der Waals surface area contributed by atoms with Crippen molar-refractivity contribution < 1.29 is 4.42 Å². The SMILES string of the molecule is C/C(=C\C=C1/Cc2ccc3cc4oc5ccccc5c4cc3c2S1)c1c2ccccc2c(C2=C/C=C\C/C=C\C=C/C2)c2ccccc12. The minimum atomic E-state index is 0.887. The van der Waals surface area contributed by atoms with Crippen LogP contribution in [0.15, 0.2) is 166 Å². The molecule has 9 rings (SSSR count). The van der Waals surface area contributed by atoms with Gasteiger partial charge < -0.3 is 4.42 Å². The maximum absolute atomic E-state index is 6.19. The molecular weight excluding hydrogens is 601 g/mol. The molecule has 6 aromatic carbocycles. The molecule has 1 aliphatic heterocycles. The van der Waals surface area contributed by atoms with E-state index in [0.29, 0.717) is 0 Å². The first-order valence-electron chi connectivity index (χ1n) is 16.8. The fourth-order valence-electron chi connectivity index (χ4n) is 7.49. The van der Waals surface area contributed by atoms with E-state index >= 15 is 0 Å². The molecule has 2 heteroatoms. The van der Waals surface area contributed by atoms with Crippen LogP contribution >= 0.6 is 11.8 Å². The summed E-state index contributed by atoms with van der Waals surface area (Å²) in [6, 6.07) is 35.3. The van der Waals surface area contributed by atoms with E-state index in [4.69, 9.17) is 4.42 Å². The van der Waals surface area contributed by atoms with Crippen LogP contribution in [0.2, 0.25) is 0 Å². The normalized spacial score (nSPS) is 18.1. The lowest BCUT2D eigenvalue weighted by atomic mass is 9.85. The van der Waals surface area contributed by atoms with E-state index in [-0.39, 0.29) is 0 Å². The fourth-order valence-corrected chi connectivity index (χ4v) is 8.68. The predicted molar refractivity (Wildman–Crippen MR) is 209 cm³/mol. The van der Waals surface area contributed by atoms with Gasteiger partial charge in [0, 0.05) is 22.1 Å². The van der Waals surface area contributed by atoms with Crippen LogP contribution in [0.1, 0.15) is 36.5 Å². The third kappa shape index (κ3) is 4.96. The van der Waals surface area contributed by atoms with E-state index < -0.39 is 0 Å². The average Bonchev–Trinajstić information content (AvgIpc) is 3.72. The number of benzene rings is 6. The largest absolute Gasteiger partial charge is 0.456 e. The number of thioether (sulfide) groups is 1. The highest BCUT2D eigenvalue weighted by Crippen LogP contribution is 2.46. The van der Waals surface area contributed by atoms with Crippen molar-refractivity contribution in [1.82, 2.24) is 0 Å². The molecule has 0 fully saturated rings. The Morgan fingerprint density at radius 2 is 1.38 bits per heavy atom. The van der Waals surface area contributed by atoms with Crippen molar-refractivity contribution in [2.45, 2.75) is 31.1 Å². The highest BCUT2D eigenvalue weighted by atomic mass is 32.2. The van der Waals surface area contributed by atoms with Gasteiger partial charge in [-0.3, -0.25) is 0 Å². The molecule has 230 valence electrons. The van der Waals surface area contributed by atoms with Gasteiger partial charge in [0.2, 0.25) is 0 Å². The molecule has 0 radical (unpaired) electrons. The molecule has 0 saturated carbocycles. The van der Waals surface area contributed by atoms with Gasteiger partial charge in [-0.1, -0.05) is 145 Å². The van der Waals surface area contributed by atoms with Gasteiger partial charge >= 0.3 is 0 Å². The van der Waals surface area contributed by atoms with Gasteiger partial charge in [0.1, 0.15) is 11.2 Å². The van der Waals surface area contributed by atoms with E-state index in [1.165, 1.54) is 80.7 Å². The molecule has 48 heavy (non-hydrogen) atoms. The summed E-state index contributed by atoms with van der Waals surface area (Å²) in [4.78, 5) is 2.74. The molecule has 2 aliphatic rings. The number of rotatable bonds is 3. The summed E-state index contributed by atoms with van der Waals surface area (Å²) in [5.74, 6) is 0. The summed E-state index contributed by atoms with van der Waals surface area (Å²) in [6.45, 7) is 2.27. The van der Waals surface area contributed by atoms with Gasteiger partial charge in [-0.05, 0) is 103 Å². The molecule has 1 aromatic heterocycles. The molecule has 0 saturated heterocycles. The Bertz CT molecular complexity index is 2560. The molecule has 0 N–H and O–H groups in total. The summed E-state index contributed by atoms with van der Waals surface area (Å²) < 4.78 is 6.19. The van der Waals surface area contributed by atoms with Crippen molar-refractivity contribution in [3.8, 4) is 0 Å². The first kappa shape index (κ1) is 28.9. The molecule has 0 bridgehead atoms. The van der Waals surface area contributed by atoms with Crippen LogP contribution in [0, 0.1) is 0 Å². The molecule has 7 aromatic rings. The third-order valence-electron chi connectivity index (χ3n) is 9.74. The van der Waals surface area contributed by atoms with E-state index in [1.54, 1.807) is 0 Å². The topological polar surface area (TPSA) is 13.1 Å². The molecule has 1 nitrogen and oxygen atoms in total. The second-order valence-electron chi connectivity index (χ2n) is 12.7. The molecule has 0 atom stereocenters. The Morgan fingerprint density at radius 3 is 2.19 bits per heavy atom. The number of allylic oxidation sites excluding steroid dienone is 12. The van der Waals surface area contributed by atoms with Crippen molar-refractivity contribution in [3.63, 3.8) is 0 Å².